The van der Waals surface area contributed by atoms with E-state index in [1.165, 1.54) is 5.57 Å². The van der Waals surface area contributed by atoms with E-state index in [0.717, 1.165) is 12.0 Å². The molecule has 0 rings (SSSR count). The summed E-state index contributed by atoms with van der Waals surface area (Å²) in [6, 6.07) is 0. The molecule has 0 aliphatic rings. The monoisotopic (exact) mass is 238 g/mol. The zero-order valence-electron chi connectivity index (χ0n) is 11.5. The van der Waals surface area contributed by atoms with E-state index in [9.17, 15) is 10.2 Å². The zero-order valence-corrected chi connectivity index (χ0v) is 11.5. The highest BCUT2D eigenvalue weighted by Crippen LogP contribution is 2.16. The number of aliphatic hydroxyl groups excluding tert-OH is 1. The quantitative estimate of drug-likeness (QED) is 0.668. The number of rotatable bonds is 7. The van der Waals surface area contributed by atoms with E-state index in [1.807, 2.05) is 32.9 Å². The highest BCUT2D eigenvalue weighted by molar-refractivity contribution is 5.09. The van der Waals surface area contributed by atoms with Crippen LogP contribution in [-0.4, -0.2) is 21.9 Å². The minimum atomic E-state index is -0.818. The number of allylic oxidation sites excluding steroid dienone is 2. The van der Waals surface area contributed by atoms with Gasteiger partial charge in [0.25, 0.3) is 0 Å². The van der Waals surface area contributed by atoms with Crippen molar-refractivity contribution in [3.8, 4) is 0 Å². The van der Waals surface area contributed by atoms with Crippen LogP contribution in [0.4, 0.5) is 0 Å². The summed E-state index contributed by atoms with van der Waals surface area (Å²) in [5.41, 5.74) is 1.36. The van der Waals surface area contributed by atoms with Crippen LogP contribution >= 0.6 is 0 Å². The molecular weight excluding hydrogens is 212 g/mol. The summed E-state index contributed by atoms with van der Waals surface area (Å²) in [4.78, 5) is 0. The van der Waals surface area contributed by atoms with E-state index < -0.39 is 11.7 Å². The van der Waals surface area contributed by atoms with Gasteiger partial charge < -0.3 is 10.2 Å². The normalized spacial score (nSPS) is 17.2. The molecule has 17 heavy (non-hydrogen) atoms. The van der Waals surface area contributed by atoms with E-state index in [1.54, 1.807) is 13.0 Å². The van der Waals surface area contributed by atoms with Crippen LogP contribution in [-0.2, 0) is 0 Å². The molecule has 0 bridgehead atoms. The second-order valence-corrected chi connectivity index (χ2v) is 5.08. The molecule has 2 N–H and O–H groups in total. The van der Waals surface area contributed by atoms with Gasteiger partial charge in [0.1, 0.15) is 0 Å². The first kappa shape index (κ1) is 16.1. The maximum atomic E-state index is 9.86. The van der Waals surface area contributed by atoms with Crippen molar-refractivity contribution < 1.29 is 10.2 Å². The van der Waals surface area contributed by atoms with Gasteiger partial charge in [-0.25, -0.2) is 0 Å². The van der Waals surface area contributed by atoms with E-state index in [2.05, 4.69) is 6.58 Å². The van der Waals surface area contributed by atoms with Crippen molar-refractivity contribution in [2.75, 3.05) is 0 Å². The van der Waals surface area contributed by atoms with Crippen LogP contribution in [0.25, 0.3) is 0 Å². The maximum absolute atomic E-state index is 9.86. The lowest BCUT2D eigenvalue weighted by Crippen LogP contribution is -2.19. The lowest BCUT2D eigenvalue weighted by atomic mass is 9.98. The topological polar surface area (TPSA) is 40.5 Å². The van der Waals surface area contributed by atoms with E-state index >= 15 is 0 Å². The highest BCUT2D eigenvalue weighted by atomic mass is 16.3. The van der Waals surface area contributed by atoms with Crippen LogP contribution < -0.4 is 0 Å². The molecule has 0 saturated heterocycles. The molecule has 0 amide bonds. The number of aliphatic hydroxyl groups is 2. The summed E-state index contributed by atoms with van der Waals surface area (Å²) >= 11 is 0. The Morgan fingerprint density at radius 1 is 1.29 bits per heavy atom. The van der Waals surface area contributed by atoms with E-state index in [-0.39, 0.29) is 0 Å². The zero-order chi connectivity index (χ0) is 13.5. The second-order valence-electron chi connectivity index (χ2n) is 5.08. The smallest absolute Gasteiger partial charge is 0.0800 e. The molecule has 0 aliphatic heterocycles. The van der Waals surface area contributed by atoms with Gasteiger partial charge >= 0.3 is 0 Å². The minimum absolute atomic E-state index is 0.418. The SMILES string of the molecule is C=C[C@@](C)(O)CC/C=C(\C)[C@H](O)CC=C(C)C. The molecule has 0 spiro atoms. The molecule has 98 valence electrons. The molecule has 0 unspecified atom stereocenters. The predicted octanol–water partition coefficient (Wildman–Crippen LogP) is 3.37. The third-order valence-electron chi connectivity index (χ3n) is 2.83. The fourth-order valence-corrected chi connectivity index (χ4v) is 1.36. The number of hydrogen-bond acceptors (Lipinski definition) is 2. The molecule has 2 nitrogen and oxygen atoms in total. The van der Waals surface area contributed by atoms with Crippen LogP contribution in [0.15, 0.2) is 36.0 Å². The Kier molecular flexibility index (Phi) is 7.09. The molecule has 0 fully saturated rings. The third kappa shape index (κ3) is 7.94. The Hall–Kier alpha value is -0.860. The van der Waals surface area contributed by atoms with Gasteiger partial charge in [-0.3, -0.25) is 0 Å². The van der Waals surface area contributed by atoms with Gasteiger partial charge in [-0.2, -0.15) is 0 Å². The lowest BCUT2D eigenvalue weighted by molar-refractivity contribution is 0.103. The molecule has 0 aliphatic carbocycles. The van der Waals surface area contributed by atoms with Crippen molar-refractivity contribution in [3.63, 3.8) is 0 Å². The summed E-state index contributed by atoms with van der Waals surface area (Å²) in [5.74, 6) is 0. The largest absolute Gasteiger partial charge is 0.388 e. The maximum Gasteiger partial charge on any atom is 0.0800 e. The molecule has 2 heteroatoms. The first-order valence-corrected chi connectivity index (χ1v) is 6.12. The Bertz CT molecular complexity index is 294. The molecule has 0 aromatic carbocycles. The van der Waals surface area contributed by atoms with Crippen molar-refractivity contribution in [2.45, 2.75) is 58.7 Å². The molecular formula is C15H26O2. The van der Waals surface area contributed by atoms with Gasteiger partial charge in [0.2, 0.25) is 0 Å². The predicted molar refractivity (Wildman–Crippen MR) is 73.9 cm³/mol. The van der Waals surface area contributed by atoms with Crippen LogP contribution in [0.1, 0.15) is 47.0 Å². The van der Waals surface area contributed by atoms with Crippen molar-refractivity contribution in [2.24, 2.45) is 0 Å². The van der Waals surface area contributed by atoms with Gasteiger partial charge in [0.05, 0.1) is 11.7 Å². The van der Waals surface area contributed by atoms with E-state index in [0.29, 0.717) is 12.8 Å². The molecule has 0 aromatic rings. The van der Waals surface area contributed by atoms with Crippen LogP contribution in [0.5, 0.6) is 0 Å². The average Bonchev–Trinajstić information content (AvgIpc) is 2.25. The second kappa shape index (κ2) is 7.46. The summed E-state index contributed by atoms with van der Waals surface area (Å²) in [7, 11) is 0. The van der Waals surface area contributed by atoms with Gasteiger partial charge in [-0.15, -0.1) is 6.58 Å². The van der Waals surface area contributed by atoms with E-state index in [4.69, 9.17) is 0 Å². The molecule has 0 aromatic heterocycles. The van der Waals surface area contributed by atoms with Crippen molar-refractivity contribution in [1.29, 1.82) is 0 Å². The summed E-state index contributed by atoms with van der Waals surface area (Å²) in [6.07, 6.45) is 7.18. The van der Waals surface area contributed by atoms with Crippen LogP contribution in [0.3, 0.4) is 0 Å². The fraction of sp³-hybridized carbons (Fsp3) is 0.600. The highest BCUT2D eigenvalue weighted by Gasteiger charge is 2.13. The standard InChI is InChI=1S/C15H26O2/c1-6-15(5,17)11-7-8-13(4)14(16)10-9-12(2)3/h6,8-9,14,16-17H,1,7,10-11H2,2-5H3/b13-8+/t14-,15-/m1/s1. The Labute approximate surface area is 105 Å². The van der Waals surface area contributed by atoms with Gasteiger partial charge in [-0.05, 0) is 52.5 Å². The van der Waals surface area contributed by atoms with Crippen molar-refractivity contribution >= 4 is 0 Å². The lowest BCUT2D eigenvalue weighted by Gasteiger charge is -2.17. The van der Waals surface area contributed by atoms with Crippen LogP contribution in [0.2, 0.25) is 0 Å². The van der Waals surface area contributed by atoms with Crippen molar-refractivity contribution in [3.05, 3.63) is 36.0 Å². The molecule has 0 radical (unpaired) electrons. The first-order chi connectivity index (χ1) is 7.78. The first-order valence-electron chi connectivity index (χ1n) is 6.12. The van der Waals surface area contributed by atoms with Crippen LogP contribution in [0, 0.1) is 0 Å². The summed E-state index contributed by atoms with van der Waals surface area (Å²) in [6.45, 7) is 11.3. The summed E-state index contributed by atoms with van der Waals surface area (Å²) < 4.78 is 0. The minimum Gasteiger partial charge on any atom is -0.388 e. The molecule has 0 saturated carbocycles. The fourth-order valence-electron chi connectivity index (χ4n) is 1.36. The van der Waals surface area contributed by atoms with Gasteiger partial charge in [0.15, 0.2) is 0 Å². The number of hydrogen-bond donors (Lipinski definition) is 2. The molecule has 2 atom stereocenters. The third-order valence-corrected chi connectivity index (χ3v) is 2.83. The van der Waals surface area contributed by atoms with Gasteiger partial charge in [0, 0.05) is 0 Å². The average molecular weight is 238 g/mol. The Morgan fingerprint density at radius 3 is 2.35 bits per heavy atom. The van der Waals surface area contributed by atoms with Crippen molar-refractivity contribution in [1.82, 2.24) is 0 Å². The Morgan fingerprint density at radius 2 is 1.88 bits per heavy atom. The summed E-state index contributed by atoms with van der Waals surface area (Å²) in [5, 5.41) is 19.6. The Balaban J connectivity index is 4.17. The molecule has 0 heterocycles. The van der Waals surface area contributed by atoms with Gasteiger partial charge in [-0.1, -0.05) is 23.8 Å².